The van der Waals surface area contributed by atoms with Gasteiger partial charge in [-0.15, -0.1) is 0 Å². The Balaban J connectivity index is 0.000000138. The van der Waals surface area contributed by atoms with E-state index in [1.807, 2.05) is 189 Å². The van der Waals surface area contributed by atoms with Crippen molar-refractivity contribution in [1.29, 1.82) is 0 Å². The van der Waals surface area contributed by atoms with E-state index in [0.29, 0.717) is 28.2 Å². The number of aryl methyl sites for hydroxylation is 2. The number of fused-ring (bicyclic) bond motifs is 2. The molecule has 0 aliphatic heterocycles. The number of amides is 1. The number of hydrogen-bond donors (Lipinski definition) is 8. The third-order valence-electron chi connectivity index (χ3n) is 19.7. The number of anilines is 12. The summed E-state index contributed by atoms with van der Waals surface area (Å²) in [6, 6.07) is 119. The second kappa shape index (κ2) is 38.3. The molecule has 0 radical (unpaired) electrons. The van der Waals surface area contributed by atoms with Crippen molar-refractivity contribution < 1.29 is 27.8 Å². The smallest absolute Gasteiger partial charge is 0.356 e. The highest BCUT2D eigenvalue weighted by Gasteiger charge is 2.20. The van der Waals surface area contributed by atoms with E-state index in [-0.39, 0.29) is 22.8 Å². The number of nitrogens with two attached hydrogens (primary N) is 2. The van der Waals surface area contributed by atoms with E-state index in [1.165, 1.54) is 36.8 Å². The molecule has 0 unspecified atom stereocenters. The van der Waals surface area contributed by atoms with Gasteiger partial charge in [-0.1, -0.05) is 188 Å². The molecule has 0 aliphatic rings. The number of nitrogens with one attached hydrogen (secondary N) is 6. The molecule has 592 valence electrons. The van der Waals surface area contributed by atoms with Gasteiger partial charge in [-0.05, 0) is 236 Å². The van der Waals surface area contributed by atoms with E-state index in [2.05, 4.69) is 197 Å². The molecule has 20 heteroatoms. The van der Waals surface area contributed by atoms with E-state index in [4.69, 9.17) is 45.2 Å². The van der Waals surface area contributed by atoms with Gasteiger partial charge in [0.25, 0.3) is 5.91 Å². The van der Waals surface area contributed by atoms with Crippen molar-refractivity contribution in [3.63, 3.8) is 0 Å². The molecule has 15 aromatic carbocycles. The first-order valence-electron chi connectivity index (χ1n) is 38.5. The number of rotatable bonds is 20. The molecule has 17 aromatic rings. The standard InChI is InChI=1S/C34H30N4O2.C34H26N4.C24H22N4.C8H4Cl2O4/c1-23(39)24-10-9-11-27(20-24)34(40)38-31-19-17-26(22-33(31)37-29-14-7-4-8-15-29)25-16-18-30(35-2)32(21-25)36-28-12-5-3-6-13-28;1-23-10-9-11-27(20-23)34-36-31-22-26(17-19-33(31)38(34)29-14-7-4-8-15-29)25-16-18-32-30(21-25)35-24(2)37(32)28-12-5-3-6-13-28;25-21-13-11-17(15-23(21)27-19-7-3-1-4-8-19)18-12-14-22(26)24(16-18)28-20-9-5-2-6-10-20;9-13-7(11)5-2-1-3-6(4-5)8(12)14-10/h3-22,35-37H,1-2H3,(H,38,40);3-22H,1-2H3;1-16,27-28H,25-26H2;1-4H. The highest BCUT2D eigenvalue weighted by atomic mass is 35.5. The average molecular weight is 1620 g/mol. The van der Waals surface area contributed by atoms with Gasteiger partial charge in [0.2, 0.25) is 0 Å². The van der Waals surface area contributed by atoms with Crippen LogP contribution >= 0.6 is 23.7 Å². The first kappa shape index (κ1) is 81.1. The Bertz CT molecular complexity index is 6380. The highest BCUT2D eigenvalue weighted by Crippen LogP contribution is 2.39. The Hall–Kier alpha value is -15.5. The Morgan fingerprint density at radius 2 is 0.700 bits per heavy atom. The number of para-hydroxylation sites is 6. The molecule has 0 spiro atoms. The van der Waals surface area contributed by atoms with E-state index in [0.717, 1.165) is 135 Å². The van der Waals surface area contributed by atoms with E-state index in [9.17, 15) is 19.2 Å². The number of ketones is 1. The van der Waals surface area contributed by atoms with Crippen LogP contribution in [0, 0.1) is 13.8 Å². The van der Waals surface area contributed by atoms with Crippen molar-refractivity contribution in [3.05, 3.63) is 398 Å². The molecule has 2 aromatic heterocycles. The van der Waals surface area contributed by atoms with Gasteiger partial charge >= 0.3 is 11.9 Å². The summed E-state index contributed by atoms with van der Waals surface area (Å²) in [6.07, 6.45) is 0. The SMILES string of the molecule is CNc1ccc(-c2ccc(NC(=O)c3cccc(C(C)=O)c3)c(Nc3ccccc3)c2)cc1Nc1ccccc1.Cc1cccc(-c2nc3cc(-c4ccc5c(c4)nc(C)n5-c4ccccc4)ccc3n2-c2ccccc2)c1.Nc1ccc(-c2ccc(N)c(Nc3ccccc3)c2)cc1Nc1ccccc1.O=C(OCl)c1cccc(C(=O)OCl)c1. The zero-order valence-corrected chi connectivity index (χ0v) is 67.3. The number of aromatic nitrogens is 4. The van der Waals surface area contributed by atoms with Crippen molar-refractivity contribution in [2.24, 2.45) is 0 Å². The molecule has 17 rings (SSSR count). The van der Waals surface area contributed by atoms with Gasteiger partial charge in [-0.3, -0.25) is 18.7 Å². The summed E-state index contributed by atoms with van der Waals surface area (Å²) in [6.45, 7) is 5.66. The topological polar surface area (TPSA) is 247 Å². The predicted molar refractivity (Wildman–Crippen MR) is 490 cm³/mol. The third kappa shape index (κ3) is 19.9. The number of halogens is 2. The van der Waals surface area contributed by atoms with Crippen molar-refractivity contribution in [3.8, 4) is 56.1 Å². The molecule has 0 saturated carbocycles. The fourth-order valence-corrected chi connectivity index (χ4v) is 13.9. The van der Waals surface area contributed by atoms with Crippen LogP contribution in [0.4, 0.5) is 68.2 Å². The van der Waals surface area contributed by atoms with Crippen LogP contribution < -0.4 is 43.4 Å². The Morgan fingerprint density at radius 3 is 1.16 bits per heavy atom. The first-order valence-corrected chi connectivity index (χ1v) is 39.1. The van der Waals surface area contributed by atoms with Crippen LogP contribution in [0.15, 0.2) is 364 Å². The molecule has 2 heterocycles. The summed E-state index contributed by atoms with van der Waals surface area (Å²) in [5.41, 5.74) is 38.9. The number of carbonyl (C=O) groups is 4. The first-order chi connectivity index (χ1) is 58.5. The summed E-state index contributed by atoms with van der Waals surface area (Å²) >= 11 is 9.72. The molecular weight excluding hydrogens is 1540 g/mol. The third-order valence-corrected chi connectivity index (χ3v) is 19.9. The summed E-state index contributed by atoms with van der Waals surface area (Å²) in [7, 11) is 1.90. The minimum absolute atomic E-state index is 0.0872. The number of nitrogen functional groups attached to an aromatic ring is 2. The average Bonchev–Trinajstić information content (AvgIpc) is 1.60. The van der Waals surface area contributed by atoms with Crippen molar-refractivity contribution in [2.45, 2.75) is 20.8 Å². The van der Waals surface area contributed by atoms with Gasteiger partial charge in [0.1, 0.15) is 35.4 Å². The van der Waals surface area contributed by atoms with Crippen LogP contribution in [-0.2, 0) is 8.58 Å². The van der Waals surface area contributed by atoms with Crippen LogP contribution in [0.3, 0.4) is 0 Å². The zero-order chi connectivity index (χ0) is 83.4. The lowest BCUT2D eigenvalue weighted by Gasteiger charge is -2.17. The molecule has 18 nitrogen and oxygen atoms in total. The lowest BCUT2D eigenvalue weighted by Crippen LogP contribution is -2.13. The number of Topliss-reactive ketones (excluding diaryl/α,β-unsaturated/α-hetero) is 1. The number of carbonyl (C=O) groups excluding carboxylic acids is 4. The molecule has 0 atom stereocenters. The Morgan fingerprint density at radius 1 is 0.333 bits per heavy atom. The molecule has 0 saturated heterocycles. The van der Waals surface area contributed by atoms with Gasteiger partial charge < -0.3 is 51.9 Å². The monoisotopic (exact) mass is 1620 g/mol. The minimum atomic E-state index is -0.754. The lowest BCUT2D eigenvalue weighted by atomic mass is 10.0. The van der Waals surface area contributed by atoms with E-state index < -0.39 is 11.9 Å². The van der Waals surface area contributed by atoms with Gasteiger partial charge in [0, 0.05) is 57.9 Å². The maximum absolute atomic E-state index is 13.2. The molecule has 0 aliphatic carbocycles. The summed E-state index contributed by atoms with van der Waals surface area (Å²) in [5, 5.41) is 20.0. The summed E-state index contributed by atoms with van der Waals surface area (Å²) in [5.74, 6) is 0.0326. The molecule has 1 amide bonds. The largest absolute Gasteiger partial charge is 0.397 e. The molecule has 120 heavy (non-hydrogen) atoms. The number of benzene rings is 15. The zero-order valence-electron chi connectivity index (χ0n) is 65.8. The van der Waals surface area contributed by atoms with Crippen molar-refractivity contribution >= 4 is 138 Å². The number of hydrogen-bond acceptors (Lipinski definition) is 15. The second-order valence-electron chi connectivity index (χ2n) is 28.0. The molecule has 0 fully saturated rings. The van der Waals surface area contributed by atoms with E-state index >= 15 is 0 Å². The normalized spacial score (nSPS) is 10.6. The van der Waals surface area contributed by atoms with Gasteiger partial charge in [0.15, 0.2) is 5.78 Å². The maximum atomic E-state index is 13.2. The molecular formula is C100H82Cl2N12O6. The quantitative estimate of drug-likeness (QED) is 0.0261. The summed E-state index contributed by atoms with van der Waals surface area (Å²) in [4.78, 5) is 56.9. The van der Waals surface area contributed by atoms with Crippen LogP contribution in [-0.4, -0.2) is 49.8 Å². The lowest BCUT2D eigenvalue weighted by molar-refractivity contribution is 0.0750. The van der Waals surface area contributed by atoms with Gasteiger partial charge in [-0.25, -0.2) is 19.6 Å². The van der Waals surface area contributed by atoms with Crippen LogP contribution in [0.2, 0.25) is 0 Å². The minimum Gasteiger partial charge on any atom is -0.397 e. The molecule has 10 N–H and O–H groups in total. The van der Waals surface area contributed by atoms with Gasteiger partial charge in [0.05, 0.1) is 78.7 Å². The number of imidazole rings is 2. The summed E-state index contributed by atoms with van der Waals surface area (Å²) < 4.78 is 12.4. The fourth-order valence-electron chi connectivity index (χ4n) is 13.7. The van der Waals surface area contributed by atoms with Crippen molar-refractivity contribution in [1.82, 2.24) is 19.1 Å². The Labute approximate surface area is 705 Å². The van der Waals surface area contributed by atoms with Crippen molar-refractivity contribution in [2.75, 3.05) is 50.4 Å². The van der Waals surface area contributed by atoms with E-state index in [1.54, 1.807) is 24.3 Å². The van der Waals surface area contributed by atoms with Crippen LogP contribution in [0.1, 0.15) is 59.7 Å². The molecule has 0 bridgehead atoms. The second-order valence-corrected chi connectivity index (χ2v) is 28.3. The maximum Gasteiger partial charge on any atom is 0.356 e. The van der Waals surface area contributed by atoms with Crippen LogP contribution in [0.25, 0.3) is 78.2 Å². The predicted octanol–water partition coefficient (Wildman–Crippen LogP) is 25.0. The number of nitrogens with zero attached hydrogens (tertiary/aromatic N) is 4. The Kier molecular flexibility index (Phi) is 25.9. The van der Waals surface area contributed by atoms with Crippen LogP contribution in [0.5, 0.6) is 0 Å². The fraction of sp³-hybridized carbons (Fsp3) is 0.0400. The van der Waals surface area contributed by atoms with Gasteiger partial charge in [-0.2, -0.15) is 0 Å². The highest BCUT2D eigenvalue weighted by molar-refractivity contribution is 6.17.